The second kappa shape index (κ2) is 7.06. The van der Waals surface area contributed by atoms with E-state index in [9.17, 15) is 30.0 Å². The molecule has 5 saturated carbocycles. The Balaban J connectivity index is 1.43. The lowest BCUT2D eigenvalue weighted by Gasteiger charge is -2.70. The molecule has 6 rings (SSSR count). The molecule has 6 aliphatic rings. The largest absolute Gasteiger partial charge is 0.481 e. The van der Waals surface area contributed by atoms with E-state index in [1.54, 1.807) is 6.92 Å². The number of carboxylic acids is 1. The number of hydrogen-bond acceptors (Lipinski definition) is 6. The van der Waals surface area contributed by atoms with Gasteiger partial charge < -0.3 is 25.2 Å². The SMILES string of the molecule is CC1(C)C[C@@H](O)[C@@]23CC[C@H]4[C@@]5(C)CC[C@@H]6[C@@](C)(C[C@H](O)[C@H](O)[C@@]6(C)C(=O)O)[C@H]5CC[C@]4(OC2=O)[C@H]3C1. The normalized spacial score (nSPS) is 59.1. The molecular formula is C29H44O7. The number of ether oxygens (including phenoxy) is 1. The van der Waals surface area contributed by atoms with Gasteiger partial charge in [0, 0.05) is 11.8 Å². The van der Waals surface area contributed by atoms with E-state index >= 15 is 0 Å². The summed E-state index contributed by atoms with van der Waals surface area (Å²) in [6, 6.07) is 0. The van der Waals surface area contributed by atoms with E-state index in [0.29, 0.717) is 25.7 Å². The third-order valence-corrected chi connectivity index (χ3v) is 13.2. The number of esters is 1. The molecule has 0 aromatic rings. The molecule has 0 aromatic heterocycles. The van der Waals surface area contributed by atoms with Crippen LogP contribution in [0.1, 0.15) is 92.4 Å². The summed E-state index contributed by atoms with van der Waals surface area (Å²) < 4.78 is 6.50. The summed E-state index contributed by atoms with van der Waals surface area (Å²) in [5.74, 6) is -1.17. The molecule has 36 heavy (non-hydrogen) atoms. The molecule has 6 fully saturated rings. The minimum Gasteiger partial charge on any atom is -0.481 e. The number of carbonyl (C=O) groups is 2. The van der Waals surface area contributed by atoms with Crippen LogP contribution < -0.4 is 0 Å². The lowest BCUT2D eigenvalue weighted by atomic mass is 9.34. The Kier molecular flexibility index (Phi) is 4.93. The van der Waals surface area contributed by atoms with Gasteiger partial charge >= 0.3 is 11.9 Å². The van der Waals surface area contributed by atoms with Crippen LogP contribution in [0.5, 0.6) is 0 Å². The Labute approximate surface area is 214 Å². The van der Waals surface area contributed by atoms with Crippen LogP contribution in [0, 0.1) is 50.7 Å². The molecule has 4 N–H and O–H groups in total. The fourth-order valence-electron chi connectivity index (χ4n) is 11.8. The highest BCUT2D eigenvalue weighted by molar-refractivity contribution is 5.82. The Hall–Kier alpha value is -1.18. The molecule has 12 atom stereocenters. The number of carbonyl (C=O) groups excluding carboxylic acids is 1. The van der Waals surface area contributed by atoms with Crippen molar-refractivity contribution < 1.29 is 34.8 Å². The number of fused-ring (bicyclic) bond motifs is 4. The van der Waals surface area contributed by atoms with E-state index in [-0.39, 0.29) is 40.5 Å². The van der Waals surface area contributed by atoms with Crippen molar-refractivity contribution in [1.29, 1.82) is 0 Å². The van der Waals surface area contributed by atoms with Gasteiger partial charge in [-0.2, -0.15) is 0 Å². The van der Waals surface area contributed by atoms with Crippen molar-refractivity contribution in [2.24, 2.45) is 50.7 Å². The molecule has 7 heteroatoms. The van der Waals surface area contributed by atoms with Crippen LogP contribution in [0.25, 0.3) is 0 Å². The van der Waals surface area contributed by atoms with Crippen molar-refractivity contribution in [2.45, 2.75) is 116 Å². The molecule has 0 amide bonds. The zero-order chi connectivity index (χ0) is 26.3. The monoisotopic (exact) mass is 504 g/mol. The van der Waals surface area contributed by atoms with Gasteiger partial charge in [-0.1, -0.05) is 27.7 Å². The molecule has 5 aliphatic carbocycles. The number of rotatable bonds is 1. The summed E-state index contributed by atoms with van der Waals surface area (Å²) >= 11 is 0. The number of aliphatic carboxylic acids is 1. The third kappa shape index (κ3) is 2.61. The first-order valence-electron chi connectivity index (χ1n) is 14.1. The zero-order valence-corrected chi connectivity index (χ0v) is 22.4. The zero-order valence-electron chi connectivity index (χ0n) is 22.4. The molecule has 1 saturated heterocycles. The first-order valence-corrected chi connectivity index (χ1v) is 14.1. The molecule has 0 radical (unpaired) electrons. The Morgan fingerprint density at radius 1 is 0.806 bits per heavy atom. The number of aliphatic hydroxyl groups excluding tert-OH is 3. The van der Waals surface area contributed by atoms with Crippen LogP contribution in [-0.2, 0) is 14.3 Å². The molecule has 1 spiro atoms. The van der Waals surface area contributed by atoms with Gasteiger partial charge in [0.1, 0.15) is 11.0 Å². The Bertz CT molecular complexity index is 1010. The van der Waals surface area contributed by atoms with E-state index in [0.717, 1.165) is 32.1 Å². The summed E-state index contributed by atoms with van der Waals surface area (Å²) in [6.07, 6.45) is 3.32. The standard InChI is InChI=1S/C29H44O7/c1-24(2)13-19-28(20(31)14-24)10-7-18-25(3)9-6-17-26(4,12-15(30)21(32)27(17,5)22(33)34)16(25)8-11-29(18,19)36-23(28)35/h15-21,30-32H,6-14H2,1-5H3,(H,33,34)/t15-,16-,17+,18-,19-,20+,21-,25-,26-,27-,28-,29+/m0/s1. The topological polar surface area (TPSA) is 124 Å². The van der Waals surface area contributed by atoms with Crippen LogP contribution in [0.15, 0.2) is 0 Å². The maximum Gasteiger partial charge on any atom is 0.315 e. The molecule has 0 aromatic carbocycles. The van der Waals surface area contributed by atoms with Gasteiger partial charge in [0.25, 0.3) is 0 Å². The molecule has 1 heterocycles. The van der Waals surface area contributed by atoms with Crippen molar-refractivity contribution >= 4 is 11.9 Å². The van der Waals surface area contributed by atoms with E-state index in [2.05, 4.69) is 27.7 Å². The average molecular weight is 505 g/mol. The van der Waals surface area contributed by atoms with Gasteiger partial charge in [0.2, 0.25) is 0 Å². The van der Waals surface area contributed by atoms with E-state index < -0.39 is 46.1 Å². The highest BCUT2D eigenvalue weighted by Gasteiger charge is 2.79. The van der Waals surface area contributed by atoms with Crippen molar-refractivity contribution in [1.82, 2.24) is 0 Å². The van der Waals surface area contributed by atoms with Crippen molar-refractivity contribution in [3.8, 4) is 0 Å². The van der Waals surface area contributed by atoms with Crippen LogP contribution in [-0.4, -0.2) is 56.3 Å². The maximum atomic E-state index is 13.6. The van der Waals surface area contributed by atoms with E-state index in [1.165, 1.54) is 0 Å². The van der Waals surface area contributed by atoms with Gasteiger partial charge in [0.05, 0.1) is 23.7 Å². The molecule has 2 bridgehead atoms. The highest BCUT2D eigenvalue weighted by Crippen LogP contribution is 2.76. The minimum atomic E-state index is -1.40. The van der Waals surface area contributed by atoms with Gasteiger partial charge in [-0.05, 0) is 92.8 Å². The van der Waals surface area contributed by atoms with Crippen LogP contribution in [0.2, 0.25) is 0 Å². The van der Waals surface area contributed by atoms with Gasteiger partial charge in [0.15, 0.2) is 0 Å². The maximum absolute atomic E-state index is 13.6. The quantitative estimate of drug-likeness (QED) is 0.403. The Morgan fingerprint density at radius 2 is 1.44 bits per heavy atom. The number of carboxylic acid groups (broad SMARTS) is 1. The highest BCUT2D eigenvalue weighted by atomic mass is 16.6. The Morgan fingerprint density at radius 3 is 2.11 bits per heavy atom. The number of hydrogen-bond donors (Lipinski definition) is 4. The molecule has 7 nitrogen and oxygen atoms in total. The minimum absolute atomic E-state index is 0.00126. The van der Waals surface area contributed by atoms with Gasteiger partial charge in [-0.3, -0.25) is 9.59 Å². The number of aliphatic hydroxyl groups is 3. The summed E-state index contributed by atoms with van der Waals surface area (Å²) in [6.45, 7) is 10.5. The summed E-state index contributed by atoms with van der Waals surface area (Å²) in [4.78, 5) is 26.1. The van der Waals surface area contributed by atoms with E-state index in [4.69, 9.17) is 4.74 Å². The summed E-state index contributed by atoms with van der Waals surface area (Å²) in [5, 5.41) is 43.4. The predicted molar refractivity (Wildman–Crippen MR) is 131 cm³/mol. The molecule has 1 aliphatic heterocycles. The smallest absolute Gasteiger partial charge is 0.315 e. The van der Waals surface area contributed by atoms with Crippen molar-refractivity contribution in [3.05, 3.63) is 0 Å². The lowest BCUT2D eigenvalue weighted by Crippen LogP contribution is -2.71. The van der Waals surface area contributed by atoms with E-state index in [1.807, 2.05) is 0 Å². The molecular weight excluding hydrogens is 460 g/mol. The molecule has 202 valence electrons. The first kappa shape index (κ1) is 25.1. The second-order valence-corrected chi connectivity index (χ2v) is 15.1. The van der Waals surface area contributed by atoms with Crippen molar-refractivity contribution in [3.63, 3.8) is 0 Å². The van der Waals surface area contributed by atoms with Crippen LogP contribution >= 0.6 is 0 Å². The fraction of sp³-hybridized carbons (Fsp3) is 0.931. The lowest BCUT2D eigenvalue weighted by molar-refractivity contribution is -0.266. The predicted octanol–water partition coefficient (Wildman–Crippen LogP) is 3.52. The third-order valence-electron chi connectivity index (χ3n) is 13.2. The van der Waals surface area contributed by atoms with Crippen LogP contribution in [0.3, 0.4) is 0 Å². The van der Waals surface area contributed by atoms with Gasteiger partial charge in [-0.15, -0.1) is 0 Å². The summed E-state index contributed by atoms with van der Waals surface area (Å²) in [7, 11) is 0. The summed E-state index contributed by atoms with van der Waals surface area (Å²) in [5.41, 5.74) is -3.45. The van der Waals surface area contributed by atoms with Crippen LogP contribution in [0.4, 0.5) is 0 Å². The fourth-order valence-corrected chi connectivity index (χ4v) is 11.8. The van der Waals surface area contributed by atoms with Gasteiger partial charge in [-0.25, -0.2) is 0 Å². The average Bonchev–Trinajstić information content (AvgIpc) is 2.90. The molecule has 0 unspecified atom stereocenters. The second-order valence-electron chi connectivity index (χ2n) is 15.1. The van der Waals surface area contributed by atoms with Crippen molar-refractivity contribution in [2.75, 3.05) is 0 Å². The first-order chi connectivity index (χ1) is 16.6.